The lowest BCUT2D eigenvalue weighted by Crippen LogP contribution is -2.13. The average Bonchev–Trinajstić information content (AvgIpc) is 2.43. The lowest BCUT2D eigenvalue weighted by molar-refractivity contribution is -0.123. The Kier molecular flexibility index (Phi) is 9.31. The van der Waals surface area contributed by atoms with Gasteiger partial charge in [-0.1, -0.05) is 63.8 Å². The molecule has 20 heavy (non-hydrogen) atoms. The molecule has 2 heteroatoms. The highest BCUT2D eigenvalue weighted by atomic mass is 16.5. The first kappa shape index (κ1) is 17.2. The third kappa shape index (κ3) is 9.08. The normalized spacial score (nSPS) is 15.2. The molecule has 2 nitrogen and oxygen atoms in total. The maximum Gasteiger partial charge on any atom is 0.158 e. The Labute approximate surface area is 124 Å². The third-order valence-corrected chi connectivity index (χ3v) is 3.60. The van der Waals surface area contributed by atoms with E-state index in [4.69, 9.17) is 4.74 Å². The van der Waals surface area contributed by atoms with Crippen LogP contribution in [0.15, 0.2) is 24.3 Å². The highest BCUT2D eigenvalue weighted by Gasteiger charge is 2.06. The monoisotopic (exact) mass is 278 g/mol. The van der Waals surface area contributed by atoms with Crippen LogP contribution in [0.4, 0.5) is 0 Å². The van der Waals surface area contributed by atoms with Crippen molar-refractivity contribution in [2.24, 2.45) is 11.8 Å². The van der Waals surface area contributed by atoms with E-state index < -0.39 is 0 Å². The van der Waals surface area contributed by atoms with E-state index in [1.54, 1.807) is 0 Å². The van der Waals surface area contributed by atoms with Crippen molar-refractivity contribution in [2.75, 3.05) is 13.2 Å². The topological polar surface area (TPSA) is 26.3 Å². The molecule has 1 rings (SSSR count). The molecule has 0 N–H and O–H groups in total. The van der Waals surface area contributed by atoms with E-state index in [2.05, 4.69) is 38.2 Å². The molecule has 0 amide bonds. The number of unbranched alkanes of at least 4 members (excludes halogenated alkanes) is 3. The van der Waals surface area contributed by atoms with E-state index >= 15 is 0 Å². The number of ketones is 1. The van der Waals surface area contributed by atoms with E-state index in [9.17, 15) is 4.79 Å². The van der Waals surface area contributed by atoms with Gasteiger partial charge in [-0.3, -0.25) is 4.79 Å². The molecule has 0 heterocycles. The maximum absolute atomic E-state index is 11.7. The first-order valence-corrected chi connectivity index (χ1v) is 8.11. The summed E-state index contributed by atoms with van der Waals surface area (Å²) in [6.07, 6.45) is 16.3. The van der Waals surface area contributed by atoms with Crippen LogP contribution in [0, 0.1) is 11.8 Å². The van der Waals surface area contributed by atoms with Crippen LogP contribution in [-0.2, 0) is 9.53 Å². The van der Waals surface area contributed by atoms with Gasteiger partial charge in [0, 0.05) is 12.3 Å². The minimum absolute atomic E-state index is 0.248. The molecule has 114 valence electrons. The summed E-state index contributed by atoms with van der Waals surface area (Å²) in [4.78, 5) is 11.7. The summed E-state index contributed by atoms with van der Waals surface area (Å²) >= 11 is 0. The van der Waals surface area contributed by atoms with Crippen molar-refractivity contribution >= 4 is 5.78 Å². The Balaban J connectivity index is 1.91. The molecule has 0 aromatic heterocycles. The van der Waals surface area contributed by atoms with Gasteiger partial charge >= 0.3 is 0 Å². The van der Waals surface area contributed by atoms with Gasteiger partial charge < -0.3 is 4.74 Å². The fourth-order valence-electron chi connectivity index (χ4n) is 2.37. The van der Waals surface area contributed by atoms with Gasteiger partial charge in [0.25, 0.3) is 0 Å². The molecule has 0 saturated heterocycles. The van der Waals surface area contributed by atoms with Crippen molar-refractivity contribution in [1.82, 2.24) is 0 Å². The van der Waals surface area contributed by atoms with Gasteiger partial charge in [0.15, 0.2) is 5.78 Å². The summed E-state index contributed by atoms with van der Waals surface area (Å²) < 4.78 is 5.49. The van der Waals surface area contributed by atoms with Crippen molar-refractivity contribution in [3.63, 3.8) is 0 Å². The zero-order valence-electron chi connectivity index (χ0n) is 13.1. The second-order valence-corrected chi connectivity index (χ2v) is 6.16. The van der Waals surface area contributed by atoms with Gasteiger partial charge in [-0.2, -0.15) is 0 Å². The summed E-state index contributed by atoms with van der Waals surface area (Å²) in [5.74, 6) is 1.40. The van der Waals surface area contributed by atoms with E-state index in [-0.39, 0.29) is 12.4 Å². The number of hydrogen-bond donors (Lipinski definition) is 0. The van der Waals surface area contributed by atoms with Crippen molar-refractivity contribution in [3.05, 3.63) is 24.3 Å². The van der Waals surface area contributed by atoms with Crippen LogP contribution in [0.2, 0.25) is 0 Å². The molecule has 0 aliphatic heterocycles. The Hall–Kier alpha value is -0.890. The summed E-state index contributed by atoms with van der Waals surface area (Å²) in [5, 5.41) is 0. The molecule has 0 radical (unpaired) electrons. The largest absolute Gasteiger partial charge is 0.373 e. The maximum atomic E-state index is 11.7. The Morgan fingerprint density at radius 1 is 1.15 bits per heavy atom. The summed E-state index contributed by atoms with van der Waals surface area (Å²) in [6.45, 7) is 5.44. The van der Waals surface area contributed by atoms with Crippen molar-refractivity contribution < 1.29 is 9.53 Å². The molecular formula is C18H30O2. The third-order valence-electron chi connectivity index (χ3n) is 3.60. The van der Waals surface area contributed by atoms with Crippen LogP contribution in [0.5, 0.6) is 0 Å². The zero-order valence-corrected chi connectivity index (χ0v) is 13.1. The van der Waals surface area contributed by atoms with Gasteiger partial charge in [0.2, 0.25) is 0 Å². The summed E-state index contributed by atoms with van der Waals surface area (Å²) in [6, 6.07) is 0. The van der Waals surface area contributed by atoms with Crippen LogP contribution < -0.4 is 0 Å². The van der Waals surface area contributed by atoms with Crippen LogP contribution in [0.3, 0.4) is 0 Å². The SMILES string of the molecule is CC(C)CCCCCCC(=O)COCC1C=CCC=C1. The minimum atomic E-state index is 0.248. The molecule has 0 aromatic rings. The summed E-state index contributed by atoms with van der Waals surface area (Å²) in [5.41, 5.74) is 0. The number of Topliss-reactive ketones (excluding diaryl/α,β-unsaturated/α-hetero) is 1. The van der Waals surface area contributed by atoms with Gasteiger partial charge in [0.05, 0.1) is 6.61 Å². The molecule has 1 aliphatic rings. The number of ether oxygens (including phenoxy) is 1. The molecule has 0 fully saturated rings. The molecule has 0 saturated carbocycles. The molecule has 0 spiro atoms. The first-order chi connectivity index (χ1) is 9.68. The molecule has 0 aromatic carbocycles. The Bertz CT molecular complexity index is 303. The van der Waals surface area contributed by atoms with E-state index in [0.29, 0.717) is 18.9 Å². The van der Waals surface area contributed by atoms with Crippen LogP contribution in [0.1, 0.15) is 58.8 Å². The van der Waals surface area contributed by atoms with Gasteiger partial charge in [-0.15, -0.1) is 0 Å². The average molecular weight is 278 g/mol. The number of carbonyl (C=O) groups excluding carboxylic acids is 1. The fraction of sp³-hybridized carbons (Fsp3) is 0.722. The second-order valence-electron chi connectivity index (χ2n) is 6.16. The van der Waals surface area contributed by atoms with Crippen LogP contribution in [-0.4, -0.2) is 19.0 Å². The second kappa shape index (κ2) is 10.8. The van der Waals surface area contributed by atoms with Gasteiger partial charge in [-0.05, 0) is 18.8 Å². The van der Waals surface area contributed by atoms with Gasteiger partial charge in [-0.25, -0.2) is 0 Å². The lowest BCUT2D eigenvalue weighted by atomic mass is 10.0. The first-order valence-electron chi connectivity index (χ1n) is 8.11. The fourth-order valence-corrected chi connectivity index (χ4v) is 2.37. The number of allylic oxidation sites excluding steroid dienone is 2. The highest BCUT2D eigenvalue weighted by molar-refractivity contribution is 5.79. The predicted molar refractivity (Wildman–Crippen MR) is 84.8 cm³/mol. The van der Waals surface area contributed by atoms with Crippen molar-refractivity contribution in [2.45, 2.75) is 58.8 Å². The lowest BCUT2D eigenvalue weighted by Gasteiger charge is -2.11. The van der Waals surface area contributed by atoms with E-state index in [0.717, 1.165) is 18.8 Å². The minimum Gasteiger partial charge on any atom is -0.373 e. The molecule has 0 atom stereocenters. The van der Waals surface area contributed by atoms with Crippen molar-refractivity contribution in [3.8, 4) is 0 Å². The van der Waals surface area contributed by atoms with Gasteiger partial charge in [0.1, 0.15) is 6.61 Å². The highest BCUT2D eigenvalue weighted by Crippen LogP contribution is 2.11. The zero-order chi connectivity index (χ0) is 14.6. The van der Waals surface area contributed by atoms with E-state index in [1.807, 2.05) is 0 Å². The van der Waals surface area contributed by atoms with Crippen LogP contribution in [0.25, 0.3) is 0 Å². The predicted octanol–water partition coefficient (Wildman–Crippen LogP) is 4.70. The smallest absolute Gasteiger partial charge is 0.158 e. The molecule has 0 unspecified atom stereocenters. The summed E-state index contributed by atoms with van der Waals surface area (Å²) in [7, 11) is 0. The number of hydrogen-bond acceptors (Lipinski definition) is 2. The Morgan fingerprint density at radius 2 is 1.85 bits per heavy atom. The number of rotatable bonds is 11. The molecule has 1 aliphatic carbocycles. The quantitative estimate of drug-likeness (QED) is 0.404. The molecular weight excluding hydrogens is 248 g/mol. The Morgan fingerprint density at radius 3 is 2.55 bits per heavy atom. The standard InChI is InChI=1S/C18H30O2/c1-16(2)10-6-3-4-9-13-18(19)15-20-14-17-11-7-5-8-12-17/h7-8,11-12,16-17H,3-6,9-10,13-15H2,1-2H3. The van der Waals surface area contributed by atoms with Crippen LogP contribution >= 0.6 is 0 Å². The molecule has 0 bridgehead atoms. The van der Waals surface area contributed by atoms with Crippen molar-refractivity contribution in [1.29, 1.82) is 0 Å². The number of carbonyl (C=O) groups is 1. The van der Waals surface area contributed by atoms with E-state index in [1.165, 1.54) is 25.7 Å².